The third-order valence-corrected chi connectivity index (χ3v) is 4.54. The van der Waals surface area contributed by atoms with Gasteiger partial charge in [0.05, 0.1) is 4.92 Å². The summed E-state index contributed by atoms with van der Waals surface area (Å²) in [6, 6.07) is 6.79. The zero-order chi connectivity index (χ0) is 15.0. The minimum Gasteiger partial charge on any atom is -0.267 e. The molecule has 1 aliphatic carbocycles. The van der Waals surface area contributed by atoms with Crippen molar-refractivity contribution in [2.75, 3.05) is 0 Å². The molecule has 0 saturated heterocycles. The van der Waals surface area contributed by atoms with Gasteiger partial charge in [-0.2, -0.15) is 0 Å². The second-order valence-electron chi connectivity index (χ2n) is 5.02. The van der Waals surface area contributed by atoms with E-state index >= 15 is 0 Å². The van der Waals surface area contributed by atoms with E-state index in [1.807, 2.05) is 13.0 Å². The second kappa shape index (κ2) is 5.36. The Morgan fingerprint density at radius 3 is 2.95 bits per heavy atom. The maximum atomic E-state index is 11.7. The zero-order valence-corrected chi connectivity index (χ0v) is 12.2. The van der Waals surface area contributed by atoms with Crippen molar-refractivity contribution in [1.29, 1.82) is 0 Å². The summed E-state index contributed by atoms with van der Waals surface area (Å²) in [7, 11) is 0. The predicted octanol–water partition coefficient (Wildman–Crippen LogP) is 2.67. The highest BCUT2D eigenvalue weighted by Crippen LogP contribution is 2.40. The molecule has 110 valence electrons. The number of thioether (sulfide) groups is 1. The van der Waals surface area contributed by atoms with Crippen molar-refractivity contribution < 1.29 is 4.92 Å². The van der Waals surface area contributed by atoms with E-state index in [4.69, 9.17) is 0 Å². The topological polar surface area (TPSA) is 93.8 Å². The highest BCUT2D eigenvalue weighted by molar-refractivity contribution is 7.99. The average molecular weight is 306 g/mol. The number of hydrogen-bond donors (Lipinski definition) is 1. The summed E-state index contributed by atoms with van der Waals surface area (Å²) in [5.74, 6) is 0. The maximum absolute atomic E-state index is 11.7. The average Bonchev–Trinajstić information content (AvgIpc) is 3.24. The molecule has 3 rings (SSSR count). The summed E-state index contributed by atoms with van der Waals surface area (Å²) >= 11 is 1.43. The van der Waals surface area contributed by atoms with E-state index in [-0.39, 0.29) is 22.7 Å². The number of nitro groups is 1. The van der Waals surface area contributed by atoms with Gasteiger partial charge in [0.1, 0.15) is 0 Å². The van der Waals surface area contributed by atoms with E-state index in [9.17, 15) is 14.9 Å². The lowest BCUT2D eigenvalue weighted by Gasteiger charge is -2.11. The first-order chi connectivity index (χ1) is 10.1. The van der Waals surface area contributed by atoms with Crippen LogP contribution in [0.25, 0.3) is 0 Å². The molecule has 8 heteroatoms. The van der Waals surface area contributed by atoms with E-state index in [1.165, 1.54) is 17.8 Å². The van der Waals surface area contributed by atoms with Crippen molar-refractivity contribution in [2.45, 2.75) is 36.2 Å². The Balaban J connectivity index is 1.83. The number of non-ortho nitro benzene ring substituents is 1. The van der Waals surface area contributed by atoms with Crippen molar-refractivity contribution >= 4 is 17.4 Å². The molecule has 21 heavy (non-hydrogen) atoms. The van der Waals surface area contributed by atoms with Gasteiger partial charge in [-0.25, -0.2) is 9.89 Å². The van der Waals surface area contributed by atoms with Crippen LogP contribution in [-0.4, -0.2) is 19.7 Å². The number of nitrogens with one attached hydrogen (secondary N) is 1. The normalized spacial score (nSPS) is 15.9. The lowest BCUT2D eigenvalue weighted by atomic mass is 10.1. The molecule has 0 radical (unpaired) electrons. The minimum atomic E-state index is -0.407. The van der Waals surface area contributed by atoms with Gasteiger partial charge in [0.25, 0.3) is 5.69 Å². The predicted molar refractivity (Wildman–Crippen MR) is 78.5 cm³/mol. The Hall–Kier alpha value is -2.09. The first-order valence-electron chi connectivity index (χ1n) is 6.64. The first-order valence-corrected chi connectivity index (χ1v) is 7.52. The van der Waals surface area contributed by atoms with Crippen molar-refractivity contribution in [3.05, 3.63) is 50.4 Å². The van der Waals surface area contributed by atoms with Crippen LogP contribution in [-0.2, 0) is 0 Å². The molecule has 1 aromatic heterocycles. The monoisotopic (exact) mass is 306 g/mol. The smallest absolute Gasteiger partial charge is 0.267 e. The van der Waals surface area contributed by atoms with E-state index in [0.717, 1.165) is 18.4 Å². The van der Waals surface area contributed by atoms with Gasteiger partial charge in [-0.15, -0.1) is 5.10 Å². The van der Waals surface area contributed by atoms with Crippen LogP contribution in [0.1, 0.15) is 36.6 Å². The van der Waals surface area contributed by atoms with E-state index in [1.54, 1.807) is 16.7 Å². The lowest BCUT2D eigenvalue weighted by Crippen LogP contribution is -2.16. The molecule has 1 heterocycles. The van der Waals surface area contributed by atoms with Crippen molar-refractivity contribution in [1.82, 2.24) is 14.8 Å². The number of hydrogen-bond acceptors (Lipinski definition) is 5. The highest BCUT2D eigenvalue weighted by atomic mass is 32.2. The lowest BCUT2D eigenvalue weighted by molar-refractivity contribution is -0.384. The maximum Gasteiger partial charge on any atom is 0.344 e. The molecular formula is C13H14N4O3S. The summed E-state index contributed by atoms with van der Waals surface area (Å²) in [6.45, 7) is 1.94. The molecule has 1 unspecified atom stereocenters. The van der Waals surface area contributed by atoms with Crippen LogP contribution in [0.5, 0.6) is 0 Å². The molecule has 0 bridgehead atoms. The van der Waals surface area contributed by atoms with E-state index in [2.05, 4.69) is 10.2 Å². The first kappa shape index (κ1) is 13.9. The van der Waals surface area contributed by atoms with Gasteiger partial charge < -0.3 is 0 Å². The van der Waals surface area contributed by atoms with Crippen LogP contribution in [0.15, 0.2) is 34.2 Å². The van der Waals surface area contributed by atoms with E-state index < -0.39 is 4.92 Å². The summed E-state index contributed by atoms with van der Waals surface area (Å²) in [5.41, 5.74) is 0.722. The van der Waals surface area contributed by atoms with Gasteiger partial charge in [0, 0.05) is 23.4 Å². The standard InChI is InChI=1S/C13H14N4O3S/c1-8(9-3-2-4-11(7-9)17(19)20)21-13-15-14-12(18)16(13)10-5-6-10/h2-4,7-8,10H,5-6H2,1H3,(H,14,18). The quantitative estimate of drug-likeness (QED) is 0.520. The Labute approximate surface area is 124 Å². The largest absolute Gasteiger partial charge is 0.344 e. The SMILES string of the molecule is CC(Sc1n[nH]c(=O)n1C1CC1)c1cccc([N+](=O)[O-])c1. The van der Waals surface area contributed by atoms with Crippen LogP contribution in [0.4, 0.5) is 5.69 Å². The zero-order valence-electron chi connectivity index (χ0n) is 11.4. The molecule has 7 nitrogen and oxygen atoms in total. The molecule has 1 saturated carbocycles. The third-order valence-electron chi connectivity index (χ3n) is 3.42. The molecule has 1 atom stereocenters. The summed E-state index contributed by atoms with van der Waals surface area (Å²) in [5, 5.41) is 18.0. The van der Waals surface area contributed by atoms with Crippen LogP contribution < -0.4 is 5.69 Å². The number of benzene rings is 1. The third kappa shape index (κ3) is 2.85. The summed E-state index contributed by atoms with van der Waals surface area (Å²) in [6.07, 6.45) is 2.00. The Bertz CT molecular complexity index is 735. The number of nitro benzene ring substituents is 1. The number of H-pyrrole nitrogens is 1. The minimum absolute atomic E-state index is 0.0300. The highest BCUT2D eigenvalue weighted by Gasteiger charge is 2.29. The summed E-state index contributed by atoms with van der Waals surface area (Å²) < 4.78 is 1.68. The summed E-state index contributed by atoms with van der Waals surface area (Å²) in [4.78, 5) is 22.1. The molecule has 1 N–H and O–H groups in total. The fourth-order valence-corrected chi connectivity index (χ4v) is 3.19. The number of nitrogens with zero attached hydrogens (tertiary/aromatic N) is 3. The van der Waals surface area contributed by atoms with Gasteiger partial charge in [-0.05, 0) is 25.3 Å². The number of aromatic amines is 1. The van der Waals surface area contributed by atoms with Gasteiger partial charge in [-0.1, -0.05) is 23.9 Å². The number of aromatic nitrogens is 3. The fraction of sp³-hybridized carbons (Fsp3) is 0.385. The molecule has 0 spiro atoms. The second-order valence-corrected chi connectivity index (χ2v) is 6.33. The Morgan fingerprint density at radius 2 is 2.29 bits per heavy atom. The fourth-order valence-electron chi connectivity index (χ4n) is 2.15. The van der Waals surface area contributed by atoms with Gasteiger partial charge in [-0.3, -0.25) is 14.7 Å². The van der Waals surface area contributed by atoms with Crippen molar-refractivity contribution in [2.24, 2.45) is 0 Å². The molecule has 0 aliphatic heterocycles. The van der Waals surface area contributed by atoms with Crippen LogP contribution >= 0.6 is 11.8 Å². The molecule has 0 amide bonds. The van der Waals surface area contributed by atoms with Crippen molar-refractivity contribution in [3.8, 4) is 0 Å². The van der Waals surface area contributed by atoms with Crippen LogP contribution in [0, 0.1) is 10.1 Å². The molecule has 2 aromatic rings. The molecule has 1 aliphatic rings. The molecule has 1 aromatic carbocycles. The van der Waals surface area contributed by atoms with Crippen LogP contribution in [0.3, 0.4) is 0 Å². The van der Waals surface area contributed by atoms with Gasteiger partial charge in [0.2, 0.25) is 0 Å². The van der Waals surface area contributed by atoms with Crippen LogP contribution in [0.2, 0.25) is 0 Å². The van der Waals surface area contributed by atoms with Gasteiger partial charge in [0.15, 0.2) is 5.16 Å². The number of rotatable bonds is 5. The van der Waals surface area contributed by atoms with E-state index in [0.29, 0.717) is 5.16 Å². The Kier molecular flexibility index (Phi) is 3.54. The molecular weight excluding hydrogens is 292 g/mol. The Morgan fingerprint density at radius 1 is 1.52 bits per heavy atom. The molecule has 1 fully saturated rings. The van der Waals surface area contributed by atoms with Gasteiger partial charge >= 0.3 is 5.69 Å². The van der Waals surface area contributed by atoms with Crippen molar-refractivity contribution in [3.63, 3.8) is 0 Å².